The highest BCUT2D eigenvalue weighted by Crippen LogP contribution is 2.14. The van der Waals surface area contributed by atoms with Crippen molar-refractivity contribution >= 4 is 16.7 Å². The van der Waals surface area contributed by atoms with E-state index in [4.69, 9.17) is 12.2 Å². The second kappa shape index (κ2) is 5.76. The number of benzene rings is 1. The first-order valence-electron chi connectivity index (χ1n) is 5.25. The van der Waals surface area contributed by atoms with Crippen molar-refractivity contribution < 1.29 is 0 Å². The van der Waals surface area contributed by atoms with Crippen LogP contribution < -0.4 is 5.73 Å². The minimum atomic E-state index is 0.417. The summed E-state index contributed by atoms with van der Waals surface area (Å²) in [6, 6.07) is 5.43. The van der Waals surface area contributed by atoms with Crippen LogP contribution in [0.15, 0.2) is 18.2 Å². The summed E-state index contributed by atoms with van der Waals surface area (Å²) in [6.45, 7) is 4.67. The first-order chi connectivity index (χ1) is 7.72. The first-order valence-corrected chi connectivity index (χ1v) is 5.25. The lowest BCUT2D eigenvalue weighted by Gasteiger charge is -1.96. The van der Waals surface area contributed by atoms with Gasteiger partial charge in [-0.05, 0) is 18.2 Å². The molecule has 0 aliphatic rings. The maximum Gasteiger partial charge on any atom is 0.113 e. The predicted molar refractivity (Wildman–Crippen MR) is 66.7 cm³/mol. The molecule has 4 nitrogen and oxygen atoms in total. The summed E-state index contributed by atoms with van der Waals surface area (Å²) in [6.07, 6.45) is 6.43. The standard InChI is InChI=1S/C9H8N4.C3H8/c1-2-5-13-9-6-7(10)3-4-8(9)11-12-13;1-3-2/h1,3-4,6H,5,10H2;3H2,1-2H3. The fourth-order valence-corrected chi connectivity index (χ4v) is 1.19. The Kier molecular flexibility index (Phi) is 4.34. The molecule has 0 fully saturated rings. The molecule has 0 amide bonds. The van der Waals surface area contributed by atoms with Crippen LogP contribution in [-0.4, -0.2) is 15.0 Å². The van der Waals surface area contributed by atoms with Gasteiger partial charge in [0.2, 0.25) is 0 Å². The van der Waals surface area contributed by atoms with Crippen LogP contribution in [0, 0.1) is 12.3 Å². The average molecular weight is 216 g/mol. The monoisotopic (exact) mass is 216 g/mol. The van der Waals surface area contributed by atoms with E-state index in [9.17, 15) is 0 Å². The van der Waals surface area contributed by atoms with Crippen LogP contribution in [-0.2, 0) is 6.54 Å². The molecule has 2 aromatic rings. The van der Waals surface area contributed by atoms with E-state index in [-0.39, 0.29) is 0 Å². The van der Waals surface area contributed by atoms with Crippen LogP contribution in [0.5, 0.6) is 0 Å². The number of fused-ring (bicyclic) bond motifs is 1. The zero-order valence-corrected chi connectivity index (χ0v) is 9.64. The fraction of sp³-hybridized carbons (Fsp3) is 0.333. The Morgan fingerprint density at radius 2 is 2.12 bits per heavy atom. The first kappa shape index (κ1) is 12.1. The number of terminal acetylenes is 1. The molecule has 2 rings (SSSR count). The molecule has 0 saturated carbocycles. The zero-order valence-electron chi connectivity index (χ0n) is 9.64. The molecule has 0 aliphatic carbocycles. The molecule has 0 saturated heterocycles. The van der Waals surface area contributed by atoms with E-state index >= 15 is 0 Å². The van der Waals surface area contributed by atoms with Gasteiger partial charge in [-0.25, -0.2) is 4.68 Å². The quantitative estimate of drug-likeness (QED) is 0.586. The molecule has 1 aromatic carbocycles. The Morgan fingerprint density at radius 3 is 2.75 bits per heavy atom. The van der Waals surface area contributed by atoms with Crippen LogP contribution in [0.1, 0.15) is 20.3 Å². The number of nitrogen functional groups attached to an aromatic ring is 1. The topological polar surface area (TPSA) is 56.7 Å². The van der Waals surface area contributed by atoms with E-state index in [1.165, 1.54) is 6.42 Å². The summed E-state index contributed by atoms with van der Waals surface area (Å²) < 4.78 is 1.64. The minimum absolute atomic E-state index is 0.417. The van der Waals surface area contributed by atoms with Gasteiger partial charge >= 0.3 is 0 Å². The second-order valence-electron chi connectivity index (χ2n) is 3.41. The summed E-state index contributed by atoms with van der Waals surface area (Å²) in [7, 11) is 0. The smallest absolute Gasteiger partial charge is 0.113 e. The van der Waals surface area contributed by atoms with Crippen molar-refractivity contribution in [3.63, 3.8) is 0 Å². The van der Waals surface area contributed by atoms with Gasteiger partial charge < -0.3 is 5.73 Å². The van der Waals surface area contributed by atoms with Crippen LogP contribution >= 0.6 is 0 Å². The number of nitrogens with zero attached hydrogens (tertiary/aromatic N) is 3. The number of rotatable bonds is 1. The molecule has 0 radical (unpaired) electrons. The van der Waals surface area contributed by atoms with E-state index in [1.54, 1.807) is 10.7 Å². The van der Waals surface area contributed by atoms with E-state index in [0.717, 1.165) is 11.0 Å². The number of hydrogen-bond acceptors (Lipinski definition) is 3. The lowest BCUT2D eigenvalue weighted by molar-refractivity contribution is 0.694. The number of aromatic nitrogens is 3. The molecule has 2 N–H and O–H groups in total. The molecule has 0 spiro atoms. The van der Waals surface area contributed by atoms with Crippen molar-refractivity contribution in [1.29, 1.82) is 0 Å². The number of nitrogens with two attached hydrogens (primary N) is 1. The third-order valence-corrected chi connectivity index (χ3v) is 1.78. The van der Waals surface area contributed by atoms with Gasteiger partial charge in [-0.15, -0.1) is 11.5 Å². The van der Waals surface area contributed by atoms with Gasteiger partial charge in [-0.3, -0.25) is 0 Å². The summed E-state index contributed by atoms with van der Waals surface area (Å²) >= 11 is 0. The molecule has 0 bridgehead atoms. The van der Waals surface area contributed by atoms with Crippen molar-refractivity contribution in [2.75, 3.05) is 5.73 Å². The van der Waals surface area contributed by atoms with Crippen molar-refractivity contribution in [3.05, 3.63) is 18.2 Å². The summed E-state index contributed by atoms with van der Waals surface area (Å²) in [4.78, 5) is 0. The Balaban J connectivity index is 0.000000386. The normalized spacial score (nSPS) is 9.31. The third kappa shape index (κ3) is 2.74. The Bertz CT molecular complexity index is 493. The Labute approximate surface area is 95.4 Å². The van der Waals surface area contributed by atoms with Gasteiger partial charge in [0.15, 0.2) is 0 Å². The van der Waals surface area contributed by atoms with Gasteiger partial charge in [0, 0.05) is 5.69 Å². The number of anilines is 1. The summed E-state index contributed by atoms with van der Waals surface area (Å²) in [5, 5.41) is 7.84. The molecule has 16 heavy (non-hydrogen) atoms. The molecule has 84 valence electrons. The van der Waals surface area contributed by atoms with Gasteiger partial charge in [0.25, 0.3) is 0 Å². The highest BCUT2D eigenvalue weighted by atomic mass is 15.4. The van der Waals surface area contributed by atoms with Crippen molar-refractivity contribution in [3.8, 4) is 12.3 Å². The lowest BCUT2D eigenvalue weighted by atomic mass is 10.3. The van der Waals surface area contributed by atoms with E-state index in [2.05, 4.69) is 30.1 Å². The van der Waals surface area contributed by atoms with Gasteiger partial charge in [0.05, 0.1) is 5.52 Å². The molecule has 0 aliphatic heterocycles. The van der Waals surface area contributed by atoms with Crippen LogP contribution in [0.2, 0.25) is 0 Å². The molecule has 1 heterocycles. The van der Waals surface area contributed by atoms with Crippen molar-refractivity contribution in [2.24, 2.45) is 0 Å². The van der Waals surface area contributed by atoms with Crippen LogP contribution in [0.25, 0.3) is 11.0 Å². The molecule has 0 unspecified atom stereocenters. The summed E-state index contributed by atoms with van der Waals surface area (Å²) in [5.74, 6) is 2.50. The summed E-state index contributed by atoms with van der Waals surface area (Å²) in [5.41, 5.74) is 8.00. The SMILES string of the molecule is C#CCn1nnc2ccc(N)cc21.CCC. The largest absolute Gasteiger partial charge is 0.399 e. The van der Waals surface area contributed by atoms with E-state index in [0.29, 0.717) is 12.2 Å². The zero-order chi connectivity index (χ0) is 12.0. The van der Waals surface area contributed by atoms with E-state index < -0.39 is 0 Å². The van der Waals surface area contributed by atoms with E-state index in [1.807, 2.05) is 12.1 Å². The molecule has 0 atom stereocenters. The lowest BCUT2D eigenvalue weighted by Crippen LogP contribution is -1.97. The van der Waals surface area contributed by atoms with Crippen molar-refractivity contribution in [2.45, 2.75) is 26.8 Å². The van der Waals surface area contributed by atoms with Crippen LogP contribution in [0.4, 0.5) is 5.69 Å². The highest BCUT2D eigenvalue weighted by Gasteiger charge is 2.02. The Hall–Kier alpha value is -2.02. The molecule has 1 aromatic heterocycles. The number of hydrogen-bond donors (Lipinski definition) is 1. The molecule has 4 heteroatoms. The maximum absolute atomic E-state index is 5.63. The fourth-order valence-electron chi connectivity index (χ4n) is 1.19. The van der Waals surface area contributed by atoms with Gasteiger partial charge in [0.1, 0.15) is 12.1 Å². The van der Waals surface area contributed by atoms with Crippen LogP contribution in [0.3, 0.4) is 0 Å². The highest BCUT2D eigenvalue weighted by molar-refractivity contribution is 5.78. The predicted octanol–water partition coefficient (Wildman–Crippen LogP) is 2.06. The Morgan fingerprint density at radius 1 is 1.44 bits per heavy atom. The minimum Gasteiger partial charge on any atom is -0.399 e. The van der Waals surface area contributed by atoms with Gasteiger partial charge in [-0.2, -0.15) is 0 Å². The third-order valence-electron chi connectivity index (χ3n) is 1.78. The maximum atomic E-state index is 5.63. The second-order valence-corrected chi connectivity index (χ2v) is 3.41. The van der Waals surface area contributed by atoms with Crippen molar-refractivity contribution in [1.82, 2.24) is 15.0 Å². The van der Waals surface area contributed by atoms with Gasteiger partial charge in [-0.1, -0.05) is 31.4 Å². The average Bonchev–Trinajstić information content (AvgIpc) is 2.63. The molecular weight excluding hydrogens is 200 g/mol. The molecular formula is C12H16N4.